The Morgan fingerprint density at radius 1 is 1.00 bits per heavy atom. The van der Waals surface area contributed by atoms with Crippen LogP contribution in [-0.4, -0.2) is 35.3 Å². The second kappa shape index (κ2) is 9.95. The quantitative estimate of drug-likeness (QED) is 0.443. The van der Waals surface area contributed by atoms with Gasteiger partial charge in [0.2, 0.25) is 5.91 Å². The van der Waals surface area contributed by atoms with Gasteiger partial charge >= 0.3 is 0 Å². The molecule has 0 aromatic heterocycles. The summed E-state index contributed by atoms with van der Waals surface area (Å²) in [6, 6.07) is 20.3. The number of hydrogen-bond acceptors (Lipinski definition) is 4. The maximum absolute atomic E-state index is 13.4. The summed E-state index contributed by atoms with van der Waals surface area (Å²) >= 11 is 3.34. The van der Waals surface area contributed by atoms with Crippen molar-refractivity contribution in [2.75, 3.05) is 11.5 Å². The first-order chi connectivity index (χ1) is 15.9. The van der Waals surface area contributed by atoms with Crippen molar-refractivity contribution in [2.45, 2.75) is 19.0 Å². The van der Waals surface area contributed by atoms with Gasteiger partial charge in [0, 0.05) is 11.0 Å². The van der Waals surface area contributed by atoms with Crippen LogP contribution in [0.15, 0.2) is 83.3 Å². The number of carbonyl (C=O) groups is 3. The molecule has 8 heteroatoms. The smallest absolute Gasteiger partial charge is 0.261 e. The molecule has 0 radical (unpaired) electrons. The van der Waals surface area contributed by atoms with Gasteiger partial charge in [-0.1, -0.05) is 46.3 Å². The molecule has 4 rings (SSSR count). The van der Waals surface area contributed by atoms with E-state index in [-0.39, 0.29) is 19.6 Å². The molecular weight excluding hydrogens is 491 g/mol. The summed E-state index contributed by atoms with van der Waals surface area (Å²) in [4.78, 5) is 41.6. The van der Waals surface area contributed by atoms with Gasteiger partial charge in [0.25, 0.3) is 11.8 Å². The van der Waals surface area contributed by atoms with Gasteiger partial charge in [-0.3, -0.25) is 14.4 Å². The molecule has 1 unspecified atom stereocenters. The SMILES string of the molecule is O=C1CC(N(Cc2ccc(F)cc2)C(=O)COc2ccccc2)C(=O)N1c1ccc(Br)cc1. The molecule has 3 amide bonds. The van der Waals surface area contributed by atoms with Crippen molar-refractivity contribution in [2.24, 2.45) is 0 Å². The zero-order valence-electron chi connectivity index (χ0n) is 17.5. The third kappa shape index (κ3) is 5.28. The van der Waals surface area contributed by atoms with Gasteiger partial charge in [0.05, 0.1) is 12.1 Å². The van der Waals surface area contributed by atoms with Crippen LogP contribution in [0.25, 0.3) is 0 Å². The van der Waals surface area contributed by atoms with Gasteiger partial charge in [-0.25, -0.2) is 9.29 Å². The molecule has 1 atom stereocenters. The number of imide groups is 1. The Kier molecular flexibility index (Phi) is 6.84. The largest absolute Gasteiger partial charge is 0.484 e. The molecule has 1 fully saturated rings. The monoisotopic (exact) mass is 510 g/mol. The molecule has 0 spiro atoms. The third-order valence-electron chi connectivity index (χ3n) is 5.28. The van der Waals surface area contributed by atoms with Crippen molar-refractivity contribution in [1.29, 1.82) is 0 Å². The van der Waals surface area contributed by atoms with Crippen molar-refractivity contribution >= 4 is 39.3 Å². The van der Waals surface area contributed by atoms with E-state index in [1.165, 1.54) is 17.0 Å². The molecule has 33 heavy (non-hydrogen) atoms. The van der Waals surface area contributed by atoms with E-state index >= 15 is 0 Å². The highest BCUT2D eigenvalue weighted by Crippen LogP contribution is 2.28. The Hall–Kier alpha value is -3.52. The van der Waals surface area contributed by atoms with E-state index in [2.05, 4.69) is 15.9 Å². The minimum Gasteiger partial charge on any atom is -0.484 e. The van der Waals surface area contributed by atoms with Crippen LogP contribution in [0, 0.1) is 5.82 Å². The molecule has 1 aliphatic rings. The summed E-state index contributed by atoms with van der Waals surface area (Å²) in [7, 11) is 0. The topological polar surface area (TPSA) is 66.9 Å². The Bertz CT molecular complexity index is 1150. The maximum Gasteiger partial charge on any atom is 0.261 e. The van der Waals surface area contributed by atoms with Crippen molar-refractivity contribution < 1.29 is 23.5 Å². The molecule has 0 N–H and O–H groups in total. The molecular formula is C25H20BrFN2O4. The highest BCUT2D eigenvalue weighted by Gasteiger charge is 2.44. The van der Waals surface area contributed by atoms with E-state index in [0.717, 1.165) is 9.37 Å². The molecule has 0 aliphatic carbocycles. The lowest BCUT2D eigenvalue weighted by Gasteiger charge is -2.28. The molecule has 1 aliphatic heterocycles. The van der Waals surface area contributed by atoms with E-state index < -0.39 is 29.6 Å². The summed E-state index contributed by atoms with van der Waals surface area (Å²) < 4.78 is 19.8. The average Bonchev–Trinajstić information content (AvgIpc) is 3.12. The standard InChI is InChI=1S/C25H20BrFN2O4/c26-18-8-12-20(13-9-18)29-23(30)14-22(25(29)32)28(15-17-6-10-19(27)11-7-17)24(31)16-33-21-4-2-1-3-5-21/h1-13,22H,14-16H2. The number of nitrogens with zero attached hydrogens (tertiary/aromatic N) is 2. The molecule has 1 heterocycles. The van der Waals surface area contributed by atoms with E-state index in [4.69, 9.17) is 4.74 Å². The molecule has 0 saturated carbocycles. The van der Waals surface area contributed by atoms with Crippen molar-refractivity contribution in [3.05, 3.63) is 94.7 Å². The number of carbonyl (C=O) groups excluding carboxylic acids is 3. The maximum atomic E-state index is 13.4. The zero-order chi connectivity index (χ0) is 23.4. The first kappa shape index (κ1) is 22.7. The van der Waals surface area contributed by atoms with Crippen molar-refractivity contribution in [3.63, 3.8) is 0 Å². The van der Waals surface area contributed by atoms with Crippen LogP contribution in [0.1, 0.15) is 12.0 Å². The second-order valence-electron chi connectivity index (χ2n) is 7.51. The van der Waals surface area contributed by atoms with Gasteiger partial charge in [0.1, 0.15) is 17.6 Å². The number of anilines is 1. The summed E-state index contributed by atoms with van der Waals surface area (Å²) in [6.45, 7) is -0.267. The van der Waals surface area contributed by atoms with Crippen LogP contribution >= 0.6 is 15.9 Å². The summed E-state index contributed by atoms with van der Waals surface area (Å²) in [6.07, 6.45) is -0.146. The molecule has 168 valence electrons. The van der Waals surface area contributed by atoms with Gasteiger partial charge < -0.3 is 9.64 Å². The number of ether oxygens (including phenoxy) is 1. The Morgan fingerprint density at radius 2 is 1.67 bits per heavy atom. The fourth-order valence-corrected chi connectivity index (χ4v) is 3.89. The minimum atomic E-state index is -0.988. The van der Waals surface area contributed by atoms with Crippen LogP contribution in [-0.2, 0) is 20.9 Å². The Labute approximate surface area is 198 Å². The van der Waals surface area contributed by atoms with E-state index in [1.54, 1.807) is 60.7 Å². The predicted octanol–water partition coefficient (Wildman–Crippen LogP) is 4.33. The second-order valence-corrected chi connectivity index (χ2v) is 8.43. The third-order valence-corrected chi connectivity index (χ3v) is 5.80. The van der Waals surface area contributed by atoms with Crippen molar-refractivity contribution in [3.8, 4) is 5.75 Å². The van der Waals surface area contributed by atoms with Gasteiger partial charge in [0.15, 0.2) is 6.61 Å². The minimum absolute atomic E-state index is 0.0368. The van der Waals surface area contributed by atoms with Gasteiger partial charge in [-0.15, -0.1) is 0 Å². The lowest BCUT2D eigenvalue weighted by molar-refractivity contribution is -0.140. The van der Waals surface area contributed by atoms with Crippen LogP contribution in [0.2, 0.25) is 0 Å². The first-order valence-electron chi connectivity index (χ1n) is 10.3. The molecule has 3 aromatic carbocycles. The lowest BCUT2D eigenvalue weighted by Crippen LogP contribution is -2.46. The predicted molar refractivity (Wildman–Crippen MR) is 124 cm³/mol. The van der Waals surface area contributed by atoms with E-state index in [0.29, 0.717) is 17.0 Å². The van der Waals surface area contributed by atoms with Crippen LogP contribution < -0.4 is 9.64 Å². The summed E-state index contributed by atoms with van der Waals surface area (Å²) in [5.41, 5.74) is 1.07. The number of benzene rings is 3. The normalized spacial score (nSPS) is 15.6. The van der Waals surface area contributed by atoms with Crippen molar-refractivity contribution in [1.82, 2.24) is 4.90 Å². The number of halogens is 2. The van der Waals surface area contributed by atoms with Crippen LogP contribution in [0.3, 0.4) is 0 Å². The number of amides is 3. The van der Waals surface area contributed by atoms with Gasteiger partial charge in [-0.05, 0) is 54.1 Å². The molecule has 6 nitrogen and oxygen atoms in total. The fourth-order valence-electron chi connectivity index (χ4n) is 3.62. The fraction of sp³-hybridized carbons (Fsp3) is 0.160. The first-order valence-corrected chi connectivity index (χ1v) is 11.1. The average molecular weight is 511 g/mol. The molecule has 0 bridgehead atoms. The number of hydrogen-bond donors (Lipinski definition) is 0. The zero-order valence-corrected chi connectivity index (χ0v) is 19.1. The number of rotatable bonds is 7. The highest BCUT2D eigenvalue weighted by atomic mass is 79.9. The Balaban J connectivity index is 1.58. The van der Waals surface area contributed by atoms with E-state index in [9.17, 15) is 18.8 Å². The highest BCUT2D eigenvalue weighted by molar-refractivity contribution is 9.10. The molecule has 3 aromatic rings. The molecule has 1 saturated heterocycles. The lowest BCUT2D eigenvalue weighted by atomic mass is 10.1. The van der Waals surface area contributed by atoms with Gasteiger partial charge in [-0.2, -0.15) is 0 Å². The van der Waals surface area contributed by atoms with Crippen LogP contribution in [0.5, 0.6) is 5.75 Å². The van der Waals surface area contributed by atoms with E-state index in [1.807, 2.05) is 6.07 Å². The summed E-state index contributed by atoms with van der Waals surface area (Å²) in [5, 5.41) is 0. The Morgan fingerprint density at radius 3 is 2.33 bits per heavy atom. The van der Waals surface area contributed by atoms with Crippen LogP contribution in [0.4, 0.5) is 10.1 Å². The summed E-state index contributed by atoms with van der Waals surface area (Å²) in [5.74, 6) is -1.23. The number of para-hydroxylation sites is 1.